The Hall–Kier alpha value is -3.40. The van der Waals surface area contributed by atoms with Crippen LogP contribution < -0.4 is 10.0 Å². The predicted molar refractivity (Wildman–Crippen MR) is 114 cm³/mol. The number of para-hydroxylation sites is 1. The first kappa shape index (κ1) is 20.3. The Labute approximate surface area is 170 Å². The molecule has 1 amide bonds. The molecule has 3 aromatic carbocycles. The zero-order valence-corrected chi connectivity index (χ0v) is 16.4. The van der Waals surface area contributed by atoms with Crippen LogP contribution in [0.3, 0.4) is 0 Å². The van der Waals surface area contributed by atoms with Gasteiger partial charge in [-0.15, -0.1) is 6.42 Å². The van der Waals surface area contributed by atoms with Gasteiger partial charge in [-0.3, -0.25) is 4.79 Å². The summed E-state index contributed by atoms with van der Waals surface area (Å²) >= 11 is 0. The quantitative estimate of drug-likeness (QED) is 0.593. The lowest BCUT2D eigenvalue weighted by Gasteiger charge is -2.12. The highest BCUT2D eigenvalue weighted by molar-refractivity contribution is 7.89. The Balaban J connectivity index is 1.75. The van der Waals surface area contributed by atoms with Crippen LogP contribution >= 0.6 is 0 Å². The highest BCUT2D eigenvalue weighted by Crippen LogP contribution is 2.20. The zero-order chi connectivity index (χ0) is 20.7. The summed E-state index contributed by atoms with van der Waals surface area (Å²) in [6.07, 6.45) is 5.77. The van der Waals surface area contributed by atoms with Crippen LogP contribution in [0, 0.1) is 12.3 Å². The maximum absolute atomic E-state index is 12.6. The lowest BCUT2D eigenvalue weighted by molar-refractivity contribution is 0.102. The number of amides is 1. The highest BCUT2D eigenvalue weighted by atomic mass is 32.2. The summed E-state index contributed by atoms with van der Waals surface area (Å²) in [4.78, 5) is 12.7. The predicted octanol–water partition coefficient (Wildman–Crippen LogP) is 3.44. The average Bonchev–Trinajstić information content (AvgIpc) is 2.74. The molecule has 3 aromatic rings. The van der Waals surface area contributed by atoms with E-state index in [9.17, 15) is 13.2 Å². The van der Waals surface area contributed by atoms with Crippen molar-refractivity contribution in [2.24, 2.45) is 0 Å². The van der Waals surface area contributed by atoms with Gasteiger partial charge in [0.15, 0.2) is 0 Å². The second kappa shape index (κ2) is 9.20. The molecule has 0 spiro atoms. The van der Waals surface area contributed by atoms with Gasteiger partial charge in [0.25, 0.3) is 5.91 Å². The second-order valence-electron chi connectivity index (χ2n) is 6.33. The van der Waals surface area contributed by atoms with Gasteiger partial charge < -0.3 is 5.32 Å². The van der Waals surface area contributed by atoms with Crippen LogP contribution in [0.1, 0.15) is 21.5 Å². The lowest BCUT2D eigenvalue weighted by atomic mass is 10.0. The molecule has 6 heteroatoms. The summed E-state index contributed by atoms with van der Waals surface area (Å²) in [5.41, 5.74) is 3.21. The van der Waals surface area contributed by atoms with Gasteiger partial charge in [0.1, 0.15) is 0 Å². The van der Waals surface area contributed by atoms with Crippen molar-refractivity contribution >= 4 is 21.6 Å². The van der Waals surface area contributed by atoms with E-state index in [0.717, 1.165) is 11.1 Å². The van der Waals surface area contributed by atoms with E-state index in [-0.39, 0.29) is 17.3 Å². The minimum atomic E-state index is -3.69. The normalized spacial score (nSPS) is 10.9. The maximum atomic E-state index is 12.6. The molecule has 29 heavy (non-hydrogen) atoms. The lowest BCUT2D eigenvalue weighted by Crippen LogP contribution is -2.24. The van der Waals surface area contributed by atoms with Crippen molar-refractivity contribution in [3.8, 4) is 12.3 Å². The Morgan fingerprint density at radius 2 is 1.55 bits per heavy atom. The molecule has 0 atom stereocenters. The molecule has 0 aliphatic carbocycles. The number of sulfonamides is 1. The number of hydrogen-bond donors (Lipinski definition) is 2. The fourth-order valence-electron chi connectivity index (χ4n) is 2.81. The van der Waals surface area contributed by atoms with Crippen LogP contribution in [0.4, 0.5) is 5.69 Å². The van der Waals surface area contributed by atoms with Crippen molar-refractivity contribution < 1.29 is 13.2 Å². The SMILES string of the molecule is C#CCNS(=O)(=O)c1ccc(C(=O)Nc2ccccc2Cc2ccccc2)cc1. The van der Waals surface area contributed by atoms with E-state index in [1.54, 1.807) is 0 Å². The number of rotatable bonds is 7. The molecular formula is C23H20N2O3S. The van der Waals surface area contributed by atoms with Crippen LogP contribution in [0.25, 0.3) is 0 Å². The molecule has 0 saturated carbocycles. The molecule has 0 radical (unpaired) electrons. The van der Waals surface area contributed by atoms with Crippen LogP contribution in [0.5, 0.6) is 0 Å². The summed E-state index contributed by atoms with van der Waals surface area (Å²) in [5.74, 6) is 1.90. The summed E-state index contributed by atoms with van der Waals surface area (Å²) in [6, 6.07) is 23.3. The van der Waals surface area contributed by atoms with E-state index >= 15 is 0 Å². The Bertz CT molecular complexity index is 1130. The van der Waals surface area contributed by atoms with E-state index in [1.165, 1.54) is 24.3 Å². The third-order valence-corrected chi connectivity index (χ3v) is 5.71. The fourth-order valence-corrected chi connectivity index (χ4v) is 3.75. The number of benzene rings is 3. The molecule has 0 aliphatic rings. The summed E-state index contributed by atoms with van der Waals surface area (Å²) < 4.78 is 26.4. The van der Waals surface area contributed by atoms with E-state index in [2.05, 4.69) is 16.0 Å². The molecule has 0 aromatic heterocycles. The first-order valence-electron chi connectivity index (χ1n) is 8.96. The second-order valence-corrected chi connectivity index (χ2v) is 8.09. The first-order valence-corrected chi connectivity index (χ1v) is 10.4. The smallest absolute Gasteiger partial charge is 0.255 e. The third kappa shape index (κ3) is 5.32. The van der Waals surface area contributed by atoms with Crippen molar-refractivity contribution in [1.29, 1.82) is 0 Å². The van der Waals surface area contributed by atoms with Gasteiger partial charge in [0, 0.05) is 11.3 Å². The fraction of sp³-hybridized carbons (Fsp3) is 0.0870. The van der Waals surface area contributed by atoms with Crippen molar-refractivity contribution in [2.45, 2.75) is 11.3 Å². The molecule has 0 fully saturated rings. The molecular weight excluding hydrogens is 384 g/mol. The molecule has 0 saturated heterocycles. The molecule has 0 heterocycles. The number of anilines is 1. The van der Waals surface area contributed by atoms with Gasteiger partial charge in [-0.25, -0.2) is 8.42 Å². The minimum Gasteiger partial charge on any atom is -0.322 e. The average molecular weight is 404 g/mol. The van der Waals surface area contributed by atoms with Crippen molar-refractivity contribution in [3.63, 3.8) is 0 Å². The van der Waals surface area contributed by atoms with Gasteiger partial charge in [0.2, 0.25) is 10.0 Å². The largest absolute Gasteiger partial charge is 0.322 e. The standard InChI is InChI=1S/C23H20N2O3S/c1-2-16-24-29(27,28)21-14-12-19(13-15-21)23(26)25-22-11-7-6-10-20(22)17-18-8-4-3-5-9-18/h1,3-15,24H,16-17H2,(H,25,26). The Morgan fingerprint density at radius 3 is 2.24 bits per heavy atom. The van der Waals surface area contributed by atoms with E-state index in [0.29, 0.717) is 17.7 Å². The van der Waals surface area contributed by atoms with Crippen LogP contribution in [-0.2, 0) is 16.4 Å². The van der Waals surface area contributed by atoms with Gasteiger partial charge >= 0.3 is 0 Å². The van der Waals surface area contributed by atoms with Crippen molar-refractivity contribution in [2.75, 3.05) is 11.9 Å². The first-order chi connectivity index (χ1) is 14.0. The summed E-state index contributed by atoms with van der Waals surface area (Å²) in [6.45, 7) is -0.0945. The van der Waals surface area contributed by atoms with Gasteiger partial charge in [-0.1, -0.05) is 54.5 Å². The maximum Gasteiger partial charge on any atom is 0.255 e. The molecule has 146 valence electrons. The number of nitrogens with one attached hydrogen (secondary N) is 2. The monoisotopic (exact) mass is 404 g/mol. The number of carbonyl (C=O) groups is 1. The zero-order valence-electron chi connectivity index (χ0n) is 15.6. The Kier molecular flexibility index (Phi) is 6.45. The third-order valence-electron chi connectivity index (χ3n) is 4.29. The number of terminal acetylenes is 1. The van der Waals surface area contributed by atoms with E-state index in [4.69, 9.17) is 6.42 Å². The van der Waals surface area contributed by atoms with Gasteiger partial charge in [-0.2, -0.15) is 4.72 Å². The molecule has 0 bridgehead atoms. The van der Waals surface area contributed by atoms with Crippen molar-refractivity contribution in [1.82, 2.24) is 4.72 Å². The highest BCUT2D eigenvalue weighted by Gasteiger charge is 2.15. The molecule has 3 rings (SSSR count). The minimum absolute atomic E-state index is 0.0498. The molecule has 5 nitrogen and oxygen atoms in total. The van der Waals surface area contributed by atoms with Crippen molar-refractivity contribution in [3.05, 3.63) is 95.6 Å². The molecule has 2 N–H and O–H groups in total. The van der Waals surface area contributed by atoms with E-state index < -0.39 is 10.0 Å². The Morgan fingerprint density at radius 1 is 0.897 bits per heavy atom. The van der Waals surface area contributed by atoms with E-state index in [1.807, 2.05) is 54.6 Å². The van der Waals surface area contributed by atoms with Crippen LogP contribution in [-0.4, -0.2) is 20.9 Å². The van der Waals surface area contributed by atoms with Gasteiger partial charge in [0.05, 0.1) is 11.4 Å². The molecule has 0 aliphatic heterocycles. The number of hydrogen-bond acceptors (Lipinski definition) is 3. The summed E-state index contributed by atoms with van der Waals surface area (Å²) in [7, 11) is -3.69. The summed E-state index contributed by atoms with van der Waals surface area (Å²) in [5, 5.41) is 2.91. The molecule has 0 unspecified atom stereocenters. The van der Waals surface area contributed by atoms with Crippen LogP contribution in [0.15, 0.2) is 83.8 Å². The van der Waals surface area contributed by atoms with Crippen LogP contribution in [0.2, 0.25) is 0 Å². The van der Waals surface area contributed by atoms with Gasteiger partial charge in [-0.05, 0) is 47.9 Å². The topological polar surface area (TPSA) is 75.3 Å². The number of carbonyl (C=O) groups excluding carboxylic acids is 1.